The predicted octanol–water partition coefficient (Wildman–Crippen LogP) is 3.40. The number of aryl methyl sites for hydroxylation is 1. The first-order chi connectivity index (χ1) is 9.79. The summed E-state index contributed by atoms with van der Waals surface area (Å²) in [5, 5.41) is 8.16. The third kappa shape index (κ3) is 3.57. The molecule has 0 fully saturated rings. The number of anilines is 2. The van der Waals surface area contributed by atoms with Crippen LogP contribution in [0.1, 0.15) is 32.0 Å². The van der Waals surface area contributed by atoms with Crippen LogP contribution in [0.3, 0.4) is 0 Å². The molecule has 0 unspecified atom stereocenters. The van der Waals surface area contributed by atoms with Crippen molar-refractivity contribution in [2.45, 2.75) is 32.7 Å². The molecule has 0 aliphatic rings. The van der Waals surface area contributed by atoms with Crippen molar-refractivity contribution in [3.8, 4) is 0 Å². The van der Waals surface area contributed by atoms with Gasteiger partial charge >= 0.3 is 0 Å². The van der Waals surface area contributed by atoms with Gasteiger partial charge in [-0.1, -0.05) is 32.9 Å². The summed E-state index contributed by atoms with van der Waals surface area (Å²) in [6, 6.07) is 8.35. The molecule has 21 heavy (non-hydrogen) atoms. The van der Waals surface area contributed by atoms with Crippen molar-refractivity contribution in [2.75, 3.05) is 24.3 Å². The minimum absolute atomic E-state index is 0.0549. The second-order valence-corrected chi connectivity index (χ2v) is 6.69. The molecule has 4 nitrogen and oxygen atoms in total. The van der Waals surface area contributed by atoms with Gasteiger partial charge < -0.3 is 10.2 Å². The van der Waals surface area contributed by atoms with E-state index in [1.165, 1.54) is 11.3 Å². The molecule has 0 saturated heterocycles. The fourth-order valence-corrected chi connectivity index (χ4v) is 2.50. The molecule has 0 amide bonds. The molecule has 0 atom stereocenters. The lowest BCUT2D eigenvalue weighted by Crippen LogP contribution is -2.16. The van der Waals surface area contributed by atoms with Crippen LogP contribution in [0.15, 0.2) is 30.5 Å². The SMILES string of the molecule is CN(C)c1ccccc1NCc1cn(C)nc1C(C)(C)C. The van der Waals surface area contributed by atoms with E-state index in [9.17, 15) is 0 Å². The summed E-state index contributed by atoms with van der Waals surface area (Å²) < 4.78 is 1.90. The zero-order valence-electron chi connectivity index (χ0n) is 13.9. The number of hydrogen-bond donors (Lipinski definition) is 1. The summed E-state index contributed by atoms with van der Waals surface area (Å²) in [4.78, 5) is 2.12. The molecular weight excluding hydrogens is 260 g/mol. The van der Waals surface area contributed by atoms with Crippen LogP contribution in [0.5, 0.6) is 0 Å². The van der Waals surface area contributed by atoms with E-state index in [-0.39, 0.29) is 5.41 Å². The Morgan fingerprint density at radius 3 is 2.48 bits per heavy atom. The molecule has 1 N–H and O–H groups in total. The van der Waals surface area contributed by atoms with Gasteiger partial charge in [0.1, 0.15) is 0 Å². The van der Waals surface area contributed by atoms with Gasteiger partial charge in [0.25, 0.3) is 0 Å². The van der Waals surface area contributed by atoms with E-state index in [4.69, 9.17) is 0 Å². The van der Waals surface area contributed by atoms with Crippen LogP contribution in [-0.4, -0.2) is 23.9 Å². The van der Waals surface area contributed by atoms with Gasteiger partial charge in [-0.25, -0.2) is 0 Å². The highest BCUT2D eigenvalue weighted by Gasteiger charge is 2.21. The van der Waals surface area contributed by atoms with Crippen LogP contribution in [0.2, 0.25) is 0 Å². The number of hydrogen-bond acceptors (Lipinski definition) is 3. The smallest absolute Gasteiger partial charge is 0.0727 e. The third-order valence-corrected chi connectivity index (χ3v) is 3.47. The van der Waals surface area contributed by atoms with E-state index < -0.39 is 0 Å². The number of benzene rings is 1. The number of aromatic nitrogens is 2. The van der Waals surface area contributed by atoms with E-state index in [2.05, 4.69) is 80.6 Å². The summed E-state index contributed by atoms with van der Waals surface area (Å²) in [5.41, 5.74) is 4.79. The molecule has 0 saturated carbocycles. The number of nitrogens with one attached hydrogen (secondary N) is 1. The minimum Gasteiger partial charge on any atom is -0.379 e. The normalized spacial score (nSPS) is 11.5. The highest BCUT2D eigenvalue weighted by Crippen LogP contribution is 2.27. The molecular formula is C17H26N4. The van der Waals surface area contributed by atoms with E-state index in [0.717, 1.165) is 17.9 Å². The first-order valence-electron chi connectivity index (χ1n) is 7.32. The first kappa shape index (κ1) is 15.4. The van der Waals surface area contributed by atoms with E-state index >= 15 is 0 Å². The standard InChI is InChI=1S/C17H26N4/c1-17(2,3)16-13(12-21(6)19-16)11-18-14-9-7-8-10-15(14)20(4)5/h7-10,12,18H,11H2,1-6H3. The van der Waals surface area contributed by atoms with Gasteiger partial charge in [0.15, 0.2) is 0 Å². The Labute approximate surface area is 127 Å². The molecule has 0 aliphatic heterocycles. The zero-order chi connectivity index (χ0) is 15.6. The van der Waals surface area contributed by atoms with Crippen LogP contribution in [0.25, 0.3) is 0 Å². The van der Waals surface area contributed by atoms with Crippen molar-refractivity contribution in [3.63, 3.8) is 0 Å². The van der Waals surface area contributed by atoms with Gasteiger partial charge in [0, 0.05) is 44.9 Å². The monoisotopic (exact) mass is 286 g/mol. The Hall–Kier alpha value is -1.97. The topological polar surface area (TPSA) is 33.1 Å². The molecule has 1 aromatic heterocycles. The molecule has 2 rings (SSSR count). The molecule has 1 heterocycles. The Bertz CT molecular complexity index is 605. The Balaban J connectivity index is 2.22. The van der Waals surface area contributed by atoms with Crippen LogP contribution in [-0.2, 0) is 19.0 Å². The molecule has 2 aromatic rings. The van der Waals surface area contributed by atoms with Gasteiger partial charge in [0.2, 0.25) is 0 Å². The van der Waals surface area contributed by atoms with E-state index in [0.29, 0.717) is 0 Å². The minimum atomic E-state index is 0.0549. The second kappa shape index (κ2) is 5.80. The maximum atomic E-state index is 4.62. The van der Waals surface area contributed by atoms with Gasteiger partial charge in [-0.2, -0.15) is 5.10 Å². The van der Waals surface area contributed by atoms with E-state index in [1.807, 2.05) is 11.7 Å². The number of rotatable bonds is 4. The van der Waals surface area contributed by atoms with Crippen LogP contribution < -0.4 is 10.2 Å². The van der Waals surface area contributed by atoms with Crippen molar-refractivity contribution < 1.29 is 0 Å². The molecule has 0 radical (unpaired) electrons. The molecule has 0 spiro atoms. The summed E-state index contributed by atoms with van der Waals surface area (Å²) in [5.74, 6) is 0. The quantitative estimate of drug-likeness (QED) is 0.935. The Morgan fingerprint density at radius 2 is 1.86 bits per heavy atom. The lowest BCUT2D eigenvalue weighted by atomic mass is 9.89. The maximum Gasteiger partial charge on any atom is 0.0727 e. The van der Waals surface area contributed by atoms with E-state index in [1.54, 1.807) is 0 Å². The van der Waals surface area contributed by atoms with Crippen molar-refractivity contribution in [1.29, 1.82) is 0 Å². The van der Waals surface area contributed by atoms with Crippen LogP contribution in [0, 0.1) is 0 Å². The Morgan fingerprint density at radius 1 is 1.19 bits per heavy atom. The van der Waals surface area contributed by atoms with Gasteiger partial charge in [-0.3, -0.25) is 4.68 Å². The van der Waals surface area contributed by atoms with Crippen LogP contribution in [0.4, 0.5) is 11.4 Å². The third-order valence-electron chi connectivity index (χ3n) is 3.47. The summed E-state index contributed by atoms with van der Waals surface area (Å²) in [6.07, 6.45) is 2.10. The van der Waals surface area contributed by atoms with Crippen molar-refractivity contribution in [1.82, 2.24) is 9.78 Å². The van der Waals surface area contributed by atoms with Crippen molar-refractivity contribution >= 4 is 11.4 Å². The van der Waals surface area contributed by atoms with Gasteiger partial charge in [-0.05, 0) is 12.1 Å². The van der Waals surface area contributed by atoms with Gasteiger partial charge in [0.05, 0.1) is 17.1 Å². The summed E-state index contributed by atoms with van der Waals surface area (Å²) in [7, 11) is 6.10. The lowest BCUT2D eigenvalue weighted by molar-refractivity contribution is 0.549. The summed E-state index contributed by atoms with van der Waals surface area (Å²) in [6.45, 7) is 7.39. The Kier molecular flexibility index (Phi) is 4.26. The second-order valence-electron chi connectivity index (χ2n) is 6.69. The zero-order valence-corrected chi connectivity index (χ0v) is 13.9. The molecule has 0 aliphatic carbocycles. The molecule has 1 aromatic carbocycles. The average molecular weight is 286 g/mol. The molecule has 114 valence electrons. The molecule has 0 bridgehead atoms. The highest BCUT2D eigenvalue weighted by molar-refractivity contribution is 5.69. The fraction of sp³-hybridized carbons (Fsp3) is 0.471. The fourth-order valence-electron chi connectivity index (χ4n) is 2.50. The lowest BCUT2D eigenvalue weighted by Gasteiger charge is -2.20. The molecule has 4 heteroatoms. The van der Waals surface area contributed by atoms with Crippen LogP contribution >= 0.6 is 0 Å². The highest BCUT2D eigenvalue weighted by atomic mass is 15.3. The van der Waals surface area contributed by atoms with Crippen molar-refractivity contribution in [2.24, 2.45) is 7.05 Å². The average Bonchev–Trinajstić information content (AvgIpc) is 2.78. The van der Waals surface area contributed by atoms with Gasteiger partial charge in [-0.15, -0.1) is 0 Å². The first-order valence-corrected chi connectivity index (χ1v) is 7.32. The maximum absolute atomic E-state index is 4.62. The largest absolute Gasteiger partial charge is 0.379 e. The summed E-state index contributed by atoms with van der Waals surface area (Å²) >= 11 is 0. The number of nitrogens with zero attached hydrogens (tertiary/aromatic N) is 3. The predicted molar refractivity (Wildman–Crippen MR) is 90.0 cm³/mol. The van der Waals surface area contributed by atoms with Crippen molar-refractivity contribution in [3.05, 3.63) is 41.7 Å². The number of para-hydroxylation sites is 2.